The Morgan fingerprint density at radius 2 is 2.00 bits per heavy atom. The minimum Gasteiger partial charge on any atom is -0.256 e. The summed E-state index contributed by atoms with van der Waals surface area (Å²) < 4.78 is 0. The van der Waals surface area contributed by atoms with E-state index in [0.717, 1.165) is 12.1 Å². The Labute approximate surface area is 71.6 Å². The van der Waals surface area contributed by atoms with Crippen molar-refractivity contribution in [2.24, 2.45) is 5.92 Å². The molecule has 1 heterocycles. The Hall–Kier alpha value is -0.630. The average molecular weight is 171 g/mol. The molecule has 1 rings (SSSR count). The Bertz CT molecular complexity index is 235. The summed E-state index contributed by atoms with van der Waals surface area (Å²) in [5.74, 6) is 0.573. The molecule has 0 aromatic carbocycles. The van der Waals surface area contributed by atoms with E-state index in [2.05, 4.69) is 23.8 Å². The maximum absolute atomic E-state index is 5.79. The van der Waals surface area contributed by atoms with Gasteiger partial charge in [-0.3, -0.25) is 4.98 Å². The summed E-state index contributed by atoms with van der Waals surface area (Å²) >= 11 is 5.79. The molecule has 0 radical (unpaired) electrons. The normalized spacial score (nSPS) is 10.5. The molecule has 0 atom stereocenters. The number of hydrogen-bond donors (Lipinski definition) is 0. The first kappa shape index (κ1) is 8.47. The third-order valence-corrected chi connectivity index (χ3v) is 1.64. The van der Waals surface area contributed by atoms with Crippen LogP contribution in [0.1, 0.15) is 19.5 Å². The topological polar surface area (TPSA) is 25.8 Å². The zero-order valence-corrected chi connectivity index (χ0v) is 7.47. The van der Waals surface area contributed by atoms with Crippen LogP contribution in [0.5, 0.6) is 0 Å². The molecule has 11 heavy (non-hydrogen) atoms. The Morgan fingerprint density at radius 1 is 1.36 bits per heavy atom. The fourth-order valence-corrected chi connectivity index (χ4v) is 1.06. The van der Waals surface area contributed by atoms with Crippen LogP contribution in [0.15, 0.2) is 12.4 Å². The maximum atomic E-state index is 5.79. The van der Waals surface area contributed by atoms with Crippen LogP contribution in [0.4, 0.5) is 0 Å². The van der Waals surface area contributed by atoms with Gasteiger partial charge in [-0.1, -0.05) is 25.4 Å². The van der Waals surface area contributed by atoms with Crippen molar-refractivity contribution in [1.29, 1.82) is 0 Å². The number of halogens is 1. The first-order chi connectivity index (χ1) is 5.20. The van der Waals surface area contributed by atoms with E-state index >= 15 is 0 Å². The van der Waals surface area contributed by atoms with E-state index in [1.807, 2.05) is 0 Å². The highest BCUT2D eigenvalue weighted by Crippen LogP contribution is 2.12. The van der Waals surface area contributed by atoms with Crippen LogP contribution >= 0.6 is 11.6 Å². The summed E-state index contributed by atoms with van der Waals surface area (Å²) in [6, 6.07) is 0. The number of hydrogen-bond acceptors (Lipinski definition) is 2. The van der Waals surface area contributed by atoms with E-state index in [4.69, 9.17) is 11.6 Å². The van der Waals surface area contributed by atoms with Crippen molar-refractivity contribution >= 4 is 11.6 Å². The Kier molecular flexibility index (Phi) is 2.83. The number of nitrogens with zero attached hydrogens (tertiary/aromatic N) is 2. The third kappa shape index (κ3) is 2.46. The molecule has 60 valence electrons. The highest BCUT2D eigenvalue weighted by atomic mass is 35.5. The largest absolute Gasteiger partial charge is 0.256 e. The molecule has 0 aliphatic rings. The van der Waals surface area contributed by atoms with E-state index in [1.165, 1.54) is 0 Å². The molecule has 0 spiro atoms. The van der Waals surface area contributed by atoms with Crippen molar-refractivity contribution in [3.8, 4) is 0 Å². The van der Waals surface area contributed by atoms with Gasteiger partial charge in [0.1, 0.15) is 5.15 Å². The van der Waals surface area contributed by atoms with Crippen LogP contribution in [0, 0.1) is 5.92 Å². The summed E-state index contributed by atoms with van der Waals surface area (Å²) in [7, 11) is 0. The number of rotatable bonds is 2. The maximum Gasteiger partial charge on any atom is 0.150 e. The molecular formula is C8H11ClN2. The highest BCUT2D eigenvalue weighted by molar-refractivity contribution is 6.29. The highest BCUT2D eigenvalue weighted by Gasteiger charge is 2.03. The second-order valence-electron chi connectivity index (χ2n) is 2.89. The molecule has 1 aromatic heterocycles. The van der Waals surface area contributed by atoms with Crippen LogP contribution < -0.4 is 0 Å². The lowest BCUT2D eigenvalue weighted by molar-refractivity contribution is 0.633. The van der Waals surface area contributed by atoms with Gasteiger partial charge in [0.25, 0.3) is 0 Å². The molecular weight excluding hydrogens is 160 g/mol. The van der Waals surface area contributed by atoms with Gasteiger partial charge < -0.3 is 0 Å². The van der Waals surface area contributed by atoms with Crippen LogP contribution in [-0.4, -0.2) is 9.97 Å². The lowest BCUT2D eigenvalue weighted by Crippen LogP contribution is -1.98. The van der Waals surface area contributed by atoms with Crippen LogP contribution in [0.2, 0.25) is 5.15 Å². The van der Waals surface area contributed by atoms with Crippen molar-refractivity contribution in [2.45, 2.75) is 20.3 Å². The fraction of sp³-hybridized carbons (Fsp3) is 0.500. The predicted octanol–water partition coefficient (Wildman–Crippen LogP) is 2.33. The van der Waals surface area contributed by atoms with Gasteiger partial charge in [-0.25, -0.2) is 4.98 Å². The van der Waals surface area contributed by atoms with Gasteiger partial charge >= 0.3 is 0 Å². The molecule has 0 aliphatic heterocycles. The van der Waals surface area contributed by atoms with Gasteiger partial charge in [0.05, 0.1) is 5.69 Å². The van der Waals surface area contributed by atoms with Crippen LogP contribution in [0.25, 0.3) is 0 Å². The zero-order chi connectivity index (χ0) is 8.27. The standard InChI is InChI=1S/C8H11ClN2/c1-6(2)5-7-8(9)11-4-3-10-7/h3-4,6H,5H2,1-2H3. The van der Waals surface area contributed by atoms with Gasteiger partial charge in [0.15, 0.2) is 0 Å². The molecule has 0 saturated heterocycles. The third-order valence-electron chi connectivity index (χ3n) is 1.32. The van der Waals surface area contributed by atoms with Gasteiger partial charge in [-0.15, -0.1) is 0 Å². The molecule has 0 saturated carbocycles. The molecule has 0 fully saturated rings. The smallest absolute Gasteiger partial charge is 0.150 e. The van der Waals surface area contributed by atoms with E-state index < -0.39 is 0 Å². The summed E-state index contributed by atoms with van der Waals surface area (Å²) in [5.41, 5.74) is 0.893. The first-order valence-electron chi connectivity index (χ1n) is 3.65. The van der Waals surface area contributed by atoms with Gasteiger partial charge in [0, 0.05) is 12.4 Å². The second-order valence-corrected chi connectivity index (χ2v) is 3.25. The molecule has 3 heteroatoms. The van der Waals surface area contributed by atoms with E-state index in [1.54, 1.807) is 12.4 Å². The molecule has 0 amide bonds. The molecule has 0 aliphatic carbocycles. The Balaban J connectivity index is 2.78. The van der Waals surface area contributed by atoms with E-state index in [0.29, 0.717) is 11.1 Å². The van der Waals surface area contributed by atoms with Crippen LogP contribution in [-0.2, 0) is 6.42 Å². The quantitative estimate of drug-likeness (QED) is 0.681. The monoisotopic (exact) mass is 170 g/mol. The molecule has 0 N–H and O–H groups in total. The average Bonchev–Trinajstić information content (AvgIpc) is 1.93. The van der Waals surface area contributed by atoms with Crippen molar-refractivity contribution < 1.29 is 0 Å². The van der Waals surface area contributed by atoms with Gasteiger partial charge in [-0.2, -0.15) is 0 Å². The first-order valence-corrected chi connectivity index (χ1v) is 4.03. The fourth-order valence-electron chi connectivity index (χ4n) is 0.873. The SMILES string of the molecule is CC(C)Cc1nccnc1Cl. The summed E-state index contributed by atoms with van der Waals surface area (Å²) in [5, 5.41) is 0.529. The van der Waals surface area contributed by atoms with Crippen molar-refractivity contribution in [3.63, 3.8) is 0 Å². The van der Waals surface area contributed by atoms with Crippen LogP contribution in [0.3, 0.4) is 0 Å². The predicted molar refractivity (Wildman–Crippen MR) is 45.6 cm³/mol. The number of aromatic nitrogens is 2. The Morgan fingerprint density at radius 3 is 2.55 bits per heavy atom. The molecule has 0 unspecified atom stereocenters. The molecule has 0 bridgehead atoms. The molecule has 1 aromatic rings. The van der Waals surface area contributed by atoms with E-state index in [-0.39, 0.29) is 0 Å². The van der Waals surface area contributed by atoms with Crippen molar-refractivity contribution in [2.75, 3.05) is 0 Å². The minimum absolute atomic E-state index is 0.529. The lowest BCUT2D eigenvalue weighted by Gasteiger charge is -2.03. The van der Waals surface area contributed by atoms with Gasteiger partial charge in [0.2, 0.25) is 0 Å². The summed E-state index contributed by atoms with van der Waals surface area (Å²) in [6.07, 6.45) is 4.17. The lowest BCUT2D eigenvalue weighted by atomic mass is 10.1. The van der Waals surface area contributed by atoms with Crippen molar-refractivity contribution in [3.05, 3.63) is 23.2 Å². The minimum atomic E-state index is 0.529. The van der Waals surface area contributed by atoms with Crippen molar-refractivity contribution in [1.82, 2.24) is 9.97 Å². The zero-order valence-electron chi connectivity index (χ0n) is 6.71. The van der Waals surface area contributed by atoms with Gasteiger partial charge in [-0.05, 0) is 12.3 Å². The van der Waals surface area contributed by atoms with E-state index in [9.17, 15) is 0 Å². The summed E-state index contributed by atoms with van der Waals surface area (Å²) in [4.78, 5) is 8.06. The summed E-state index contributed by atoms with van der Waals surface area (Å²) in [6.45, 7) is 4.26. The molecule has 2 nitrogen and oxygen atoms in total. The second kappa shape index (κ2) is 3.67.